The lowest BCUT2D eigenvalue weighted by atomic mass is 10.2. The van der Waals surface area contributed by atoms with Crippen molar-refractivity contribution in [3.63, 3.8) is 0 Å². The Labute approximate surface area is 142 Å². The smallest absolute Gasteiger partial charge is 0.270 e. The van der Waals surface area contributed by atoms with E-state index in [2.05, 4.69) is 24.1 Å². The molecule has 1 N–H and O–H groups in total. The molecular formula is C19H21N3O2. The van der Waals surface area contributed by atoms with Crippen LogP contribution in [0.2, 0.25) is 0 Å². The van der Waals surface area contributed by atoms with Gasteiger partial charge in [-0.15, -0.1) is 0 Å². The lowest BCUT2D eigenvalue weighted by Crippen LogP contribution is -2.24. The summed E-state index contributed by atoms with van der Waals surface area (Å²) in [7, 11) is 0. The van der Waals surface area contributed by atoms with Crippen molar-refractivity contribution in [1.82, 2.24) is 10.3 Å². The molecule has 0 unspecified atom stereocenters. The van der Waals surface area contributed by atoms with Crippen molar-refractivity contribution < 1.29 is 9.53 Å². The van der Waals surface area contributed by atoms with Crippen LogP contribution in [0, 0.1) is 24.2 Å². The number of ether oxygens (including phenoxy) is 1. The SMILES string of the molecule is Cc1nc(C(=O)NCc2ccc(OCC(C)C)cc2)ccc1C#N. The Bertz CT molecular complexity index is 746. The quantitative estimate of drug-likeness (QED) is 0.885. The standard InChI is InChI=1S/C19H21N3O2/c1-13(2)12-24-17-7-4-15(5-8-17)11-21-19(23)18-9-6-16(10-20)14(3)22-18/h4-9,13H,11-12H2,1-3H3,(H,21,23). The van der Waals surface area contributed by atoms with Gasteiger partial charge in [0.25, 0.3) is 5.91 Å². The zero-order valence-corrected chi connectivity index (χ0v) is 14.2. The normalized spacial score (nSPS) is 10.3. The first-order chi connectivity index (χ1) is 11.5. The van der Waals surface area contributed by atoms with E-state index in [1.807, 2.05) is 30.3 Å². The van der Waals surface area contributed by atoms with Gasteiger partial charge in [-0.2, -0.15) is 5.26 Å². The van der Waals surface area contributed by atoms with E-state index >= 15 is 0 Å². The number of hydrogen-bond donors (Lipinski definition) is 1. The molecule has 0 aliphatic carbocycles. The van der Waals surface area contributed by atoms with E-state index in [4.69, 9.17) is 10.00 Å². The molecule has 0 aliphatic heterocycles. The summed E-state index contributed by atoms with van der Waals surface area (Å²) in [5.74, 6) is 1.04. The minimum Gasteiger partial charge on any atom is -0.493 e. The van der Waals surface area contributed by atoms with Gasteiger partial charge in [0, 0.05) is 6.54 Å². The molecule has 0 saturated carbocycles. The van der Waals surface area contributed by atoms with Gasteiger partial charge in [-0.25, -0.2) is 4.98 Å². The third-order valence-electron chi connectivity index (χ3n) is 3.40. The Balaban J connectivity index is 1.92. The highest BCUT2D eigenvalue weighted by atomic mass is 16.5. The van der Waals surface area contributed by atoms with Gasteiger partial charge < -0.3 is 10.1 Å². The summed E-state index contributed by atoms with van der Waals surface area (Å²) in [5.41, 5.74) is 2.31. The molecule has 1 aromatic heterocycles. The van der Waals surface area contributed by atoms with Gasteiger partial charge in [0.1, 0.15) is 17.5 Å². The van der Waals surface area contributed by atoms with Gasteiger partial charge >= 0.3 is 0 Å². The summed E-state index contributed by atoms with van der Waals surface area (Å²) in [5, 5.41) is 11.7. The minimum absolute atomic E-state index is 0.261. The molecule has 124 valence electrons. The second kappa shape index (κ2) is 8.11. The van der Waals surface area contributed by atoms with Gasteiger partial charge in [0.05, 0.1) is 17.9 Å². The Kier molecular flexibility index (Phi) is 5.91. The molecule has 5 heteroatoms. The molecule has 0 spiro atoms. The van der Waals surface area contributed by atoms with Gasteiger partial charge in [-0.3, -0.25) is 4.79 Å². The predicted octanol–water partition coefficient (Wildman–Crippen LogP) is 3.23. The van der Waals surface area contributed by atoms with Crippen LogP contribution in [0.5, 0.6) is 5.75 Å². The van der Waals surface area contributed by atoms with Crippen LogP contribution in [0.25, 0.3) is 0 Å². The number of nitrogens with zero attached hydrogens (tertiary/aromatic N) is 2. The van der Waals surface area contributed by atoms with Crippen LogP contribution >= 0.6 is 0 Å². The Morgan fingerprint density at radius 1 is 1.25 bits per heavy atom. The first-order valence-electron chi connectivity index (χ1n) is 7.87. The summed E-state index contributed by atoms with van der Waals surface area (Å²) >= 11 is 0. The molecule has 0 radical (unpaired) electrons. The number of nitriles is 1. The first kappa shape index (κ1) is 17.5. The van der Waals surface area contributed by atoms with E-state index in [1.54, 1.807) is 19.1 Å². The van der Waals surface area contributed by atoms with Crippen LogP contribution in [-0.4, -0.2) is 17.5 Å². The molecule has 24 heavy (non-hydrogen) atoms. The maximum absolute atomic E-state index is 12.1. The topological polar surface area (TPSA) is 75.0 Å². The summed E-state index contributed by atoms with van der Waals surface area (Å²) in [4.78, 5) is 16.3. The number of pyridine rings is 1. The summed E-state index contributed by atoms with van der Waals surface area (Å²) in [6, 6.07) is 12.8. The molecule has 5 nitrogen and oxygen atoms in total. The molecule has 0 bridgehead atoms. The Morgan fingerprint density at radius 3 is 2.54 bits per heavy atom. The van der Waals surface area contributed by atoms with Gasteiger partial charge in [0.2, 0.25) is 0 Å². The van der Waals surface area contributed by atoms with Crippen molar-refractivity contribution in [3.05, 3.63) is 58.9 Å². The lowest BCUT2D eigenvalue weighted by molar-refractivity contribution is 0.0945. The molecule has 1 aromatic carbocycles. The van der Waals surface area contributed by atoms with E-state index in [0.717, 1.165) is 11.3 Å². The number of carbonyl (C=O) groups is 1. The van der Waals surface area contributed by atoms with E-state index in [1.165, 1.54) is 0 Å². The van der Waals surface area contributed by atoms with E-state index in [0.29, 0.717) is 36.0 Å². The molecule has 2 aromatic rings. The van der Waals surface area contributed by atoms with Gasteiger partial charge in [-0.1, -0.05) is 26.0 Å². The molecule has 2 rings (SSSR count). The highest BCUT2D eigenvalue weighted by molar-refractivity contribution is 5.92. The molecule has 0 aliphatic rings. The van der Waals surface area contributed by atoms with Crippen molar-refractivity contribution >= 4 is 5.91 Å². The molecule has 1 heterocycles. The number of rotatable bonds is 6. The number of benzene rings is 1. The second-order valence-corrected chi connectivity index (χ2v) is 5.97. The second-order valence-electron chi connectivity index (χ2n) is 5.97. The number of nitrogens with one attached hydrogen (secondary N) is 1. The molecule has 0 saturated heterocycles. The van der Waals surface area contributed by atoms with E-state index < -0.39 is 0 Å². The largest absolute Gasteiger partial charge is 0.493 e. The Hall–Kier alpha value is -2.87. The van der Waals surface area contributed by atoms with Crippen molar-refractivity contribution in [3.8, 4) is 11.8 Å². The summed E-state index contributed by atoms with van der Waals surface area (Å²) < 4.78 is 5.63. The monoisotopic (exact) mass is 323 g/mol. The van der Waals surface area contributed by atoms with Crippen LogP contribution in [0.1, 0.15) is 41.2 Å². The van der Waals surface area contributed by atoms with Crippen LogP contribution in [0.3, 0.4) is 0 Å². The summed E-state index contributed by atoms with van der Waals surface area (Å²) in [6.45, 7) is 7.00. The summed E-state index contributed by atoms with van der Waals surface area (Å²) in [6.07, 6.45) is 0. The minimum atomic E-state index is -0.261. The number of aromatic nitrogens is 1. The zero-order valence-electron chi connectivity index (χ0n) is 14.2. The highest BCUT2D eigenvalue weighted by Crippen LogP contribution is 2.13. The fourth-order valence-corrected chi connectivity index (χ4v) is 2.04. The molecule has 0 atom stereocenters. The van der Waals surface area contributed by atoms with E-state index in [9.17, 15) is 4.79 Å². The van der Waals surface area contributed by atoms with Crippen LogP contribution in [0.15, 0.2) is 36.4 Å². The molecular weight excluding hydrogens is 302 g/mol. The fraction of sp³-hybridized carbons (Fsp3) is 0.316. The third kappa shape index (κ3) is 4.82. The maximum Gasteiger partial charge on any atom is 0.270 e. The first-order valence-corrected chi connectivity index (χ1v) is 7.87. The predicted molar refractivity (Wildman–Crippen MR) is 91.6 cm³/mol. The molecule has 0 fully saturated rings. The van der Waals surface area contributed by atoms with Crippen LogP contribution < -0.4 is 10.1 Å². The van der Waals surface area contributed by atoms with Crippen molar-refractivity contribution in [1.29, 1.82) is 5.26 Å². The highest BCUT2D eigenvalue weighted by Gasteiger charge is 2.09. The Morgan fingerprint density at radius 2 is 1.96 bits per heavy atom. The van der Waals surface area contributed by atoms with Crippen LogP contribution in [0.4, 0.5) is 0 Å². The van der Waals surface area contributed by atoms with Crippen molar-refractivity contribution in [2.45, 2.75) is 27.3 Å². The lowest BCUT2D eigenvalue weighted by Gasteiger charge is -2.10. The average Bonchev–Trinajstić information content (AvgIpc) is 2.58. The van der Waals surface area contributed by atoms with Gasteiger partial charge in [-0.05, 0) is 42.7 Å². The zero-order chi connectivity index (χ0) is 17.5. The van der Waals surface area contributed by atoms with Crippen LogP contribution in [-0.2, 0) is 6.54 Å². The van der Waals surface area contributed by atoms with E-state index in [-0.39, 0.29) is 5.91 Å². The third-order valence-corrected chi connectivity index (χ3v) is 3.40. The van der Waals surface area contributed by atoms with Gasteiger partial charge in [0.15, 0.2) is 0 Å². The van der Waals surface area contributed by atoms with Crippen molar-refractivity contribution in [2.75, 3.05) is 6.61 Å². The maximum atomic E-state index is 12.1. The molecule has 1 amide bonds. The van der Waals surface area contributed by atoms with Crippen molar-refractivity contribution in [2.24, 2.45) is 5.92 Å². The average molecular weight is 323 g/mol. The number of aryl methyl sites for hydroxylation is 1. The number of hydrogen-bond acceptors (Lipinski definition) is 4. The fourth-order valence-electron chi connectivity index (χ4n) is 2.04. The number of carbonyl (C=O) groups excluding carboxylic acids is 1. The number of amides is 1.